The average molecular weight is 267 g/mol. The van der Waals surface area contributed by atoms with Crippen LogP contribution in [0.3, 0.4) is 0 Å². The van der Waals surface area contributed by atoms with E-state index in [4.69, 9.17) is 20.8 Å². The number of furan rings is 1. The van der Waals surface area contributed by atoms with Crippen molar-refractivity contribution in [1.82, 2.24) is 10.3 Å². The van der Waals surface area contributed by atoms with Crippen molar-refractivity contribution in [2.45, 2.75) is 20.1 Å². The van der Waals surface area contributed by atoms with Crippen molar-refractivity contribution in [3.05, 3.63) is 47.1 Å². The number of rotatable bonds is 6. The van der Waals surface area contributed by atoms with Crippen LogP contribution in [0.1, 0.15) is 18.2 Å². The molecule has 2 aromatic heterocycles. The predicted octanol–water partition coefficient (Wildman–Crippen LogP) is 3.02. The Morgan fingerprint density at radius 3 is 3.11 bits per heavy atom. The van der Waals surface area contributed by atoms with Gasteiger partial charge < -0.3 is 14.5 Å². The summed E-state index contributed by atoms with van der Waals surface area (Å²) in [5.74, 6) is 1.45. The molecular weight excluding hydrogens is 252 g/mol. The maximum absolute atomic E-state index is 5.83. The lowest BCUT2D eigenvalue weighted by Crippen LogP contribution is -2.12. The van der Waals surface area contributed by atoms with E-state index in [0.717, 1.165) is 24.4 Å². The number of aromatic nitrogens is 1. The second-order valence-electron chi connectivity index (χ2n) is 3.78. The fraction of sp³-hybridized carbons (Fsp3) is 0.308. The first kappa shape index (κ1) is 12.9. The molecule has 0 radical (unpaired) electrons. The zero-order valence-electron chi connectivity index (χ0n) is 10.1. The minimum absolute atomic E-state index is 0.371. The summed E-state index contributed by atoms with van der Waals surface area (Å²) in [6.45, 7) is 4.13. The van der Waals surface area contributed by atoms with E-state index in [2.05, 4.69) is 17.2 Å². The lowest BCUT2D eigenvalue weighted by atomic mass is 10.2. The van der Waals surface area contributed by atoms with Gasteiger partial charge in [0.05, 0.1) is 17.5 Å². The first-order valence-electron chi connectivity index (χ1n) is 5.79. The highest BCUT2D eigenvalue weighted by Crippen LogP contribution is 2.18. The van der Waals surface area contributed by atoms with E-state index in [1.54, 1.807) is 24.7 Å². The Hall–Kier alpha value is -1.52. The Kier molecular flexibility index (Phi) is 4.61. The highest BCUT2D eigenvalue weighted by Gasteiger charge is 2.07. The van der Waals surface area contributed by atoms with E-state index in [1.807, 2.05) is 6.07 Å². The van der Waals surface area contributed by atoms with Gasteiger partial charge in [0.2, 0.25) is 0 Å². The van der Waals surface area contributed by atoms with Crippen molar-refractivity contribution in [3.8, 4) is 5.75 Å². The number of halogens is 1. The molecule has 0 amide bonds. The van der Waals surface area contributed by atoms with Crippen LogP contribution in [-0.2, 0) is 13.2 Å². The molecule has 0 bridgehead atoms. The fourth-order valence-corrected chi connectivity index (χ4v) is 1.69. The number of pyridine rings is 1. The van der Waals surface area contributed by atoms with Gasteiger partial charge in [-0.25, -0.2) is 0 Å². The Morgan fingerprint density at radius 1 is 1.44 bits per heavy atom. The molecule has 0 aliphatic heterocycles. The van der Waals surface area contributed by atoms with Crippen LogP contribution in [0.4, 0.5) is 0 Å². The third-order valence-corrected chi connectivity index (χ3v) is 2.66. The molecule has 1 N–H and O–H groups in total. The van der Waals surface area contributed by atoms with Crippen molar-refractivity contribution < 1.29 is 9.15 Å². The van der Waals surface area contributed by atoms with Crippen LogP contribution in [-0.4, -0.2) is 11.5 Å². The molecule has 0 saturated heterocycles. The van der Waals surface area contributed by atoms with Crippen LogP contribution in [0.5, 0.6) is 5.75 Å². The summed E-state index contributed by atoms with van der Waals surface area (Å²) in [7, 11) is 0. The molecule has 0 fully saturated rings. The van der Waals surface area contributed by atoms with E-state index in [9.17, 15) is 0 Å². The third kappa shape index (κ3) is 3.48. The zero-order chi connectivity index (χ0) is 12.8. The van der Waals surface area contributed by atoms with Gasteiger partial charge in [-0.2, -0.15) is 0 Å². The number of nitrogens with zero attached hydrogens (tertiary/aromatic N) is 1. The molecule has 0 aliphatic rings. The molecule has 0 spiro atoms. The van der Waals surface area contributed by atoms with Crippen molar-refractivity contribution in [3.63, 3.8) is 0 Å². The van der Waals surface area contributed by atoms with E-state index in [-0.39, 0.29) is 0 Å². The van der Waals surface area contributed by atoms with Crippen molar-refractivity contribution in [2.75, 3.05) is 6.54 Å². The molecular formula is C13H15ClN2O2. The molecule has 5 heteroatoms. The van der Waals surface area contributed by atoms with E-state index < -0.39 is 0 Å². The minimum atomic E-state index is 0.371. The van der Waals surface area contributed by atoms with Crippen molar-refractivity contribution in [1.29, 1.82) is 0 Å². The van der Waals surface area contributed by atoms with Gasteiger partial charge in [-0.05, 0) is 12.6 Å². The zero-order valence-corrected chi connectivity index (χ0v) is 10.9. The van der Waals surface area contributed by atoms with Crippen molar-refractivity contribution in [2.24, 2.45) is 0 Å². The average Bonchev–Trinajstić information content (AvgIpc) is 2.81. The van der Waals surface area contributed by atoms with E-state index >= 15 is 0 Å². The van der Waals surface area contributed by atoms with Crippen LogP contribution >= 0.6 is 11.6 Å². The molecule has 18 heavy (non-hydrogen) atoms. The molecule has 2 aromatic rings. The lowest BCUT2D eigenvalue weighted by molar-refractivity contribution is 0.267. The second kappa shape index (κ2) is 6.42. The van der Waals surface area contributed by atoms with E-state index in [1.165, 1.54) is 0 Å². The molecule has 0 saturated carbocycles. The standard InChI is InChI=1S/C13H15ClN2O2/c1-2-15-6-10-3-4-17-13(10)9-18-12-5-11(14)7-16-8-12/h3-5,7-8,15H,2,6,9H2,1H3. The van der Waals surface area contributed by atoms with Crippen LogP contribution in [0.25, 0.3) is 0 Å². The second-order valence-corrected chi connectivity index (χ2v) is 4.21. The summed E-state index contributed by atoms with van der Waals surface area (Å²) in [4.78, 5) is 3.96. The topological polar surface area (TPSA) is 47.3 Å². The monoisotopic (exact) mass is 266 g/mol. The molecule has 0 atom stereocenters. The van der Waals surface area contributed by atoms with Gasteiger partial charge in [0.1, 0.15) is 18.1 Å². The molecule has 4 nitrogen and oxygen atoms in total. The highest BCUT2D eigenvalue weighted by molar-refractivity contribution is 6.30. The van der Waals surface area contributed by atoms with Crippen LogP contribution in [0, 0.1) is 0 Å². The summed E-state index contributed by atoms with van der Waals surface area (Å²) < 4.78 is 11.0. The normalized spacial score (nSPS) is 10.6. The quantitative estimate of drug-likeness (QED) is 0.873. The molecule has 2 rings (SSSR count). The molecule has 96 valence electrons. The van der Waals surface area contributed by atoms with Crippen LogP contribution in [0.15, 0.2) is 35.2 Å². The maximum atomic E-state index is 5.83. The summed E-state index contributed by atoms with van der Waals surface area (Å²) in [6, 6.07) is 3.67. The van der Waals surface area contributed by atoms with Gasteiger partial charge in [-0.15, -0.1) is 0 Å². The Bertz CT molecular complexity index is 499. The van der Waals surface area contributed by atoms with Crippen LogP contribution in [0.2, 0.25) is 5.02 Å². The molecule has 0 aliphatic carbocycles. The predicted molar refractivity (Wildman–Crippen MR) is 69.7 cm³/mol. The van der Waals surface area contributed by atoms with E-state index in [0.29, 0.717) is 17.4 Å². The van der Waals surface area contributed by atoms with Gasteiger partial charge >= 0.3 is 0 Å². The van der Waals surface area contributed by atoms with Crippen molar-refractivity contribution >= 4 is 11.6 Å². The number of ether oxygens (including phenoxy) is 1. The smallest absolute Gasteiger partial charge is 0.146 e. The first-order chi connectivity index (χ1) is 8.79. The Morgan fingerprint density at radius 2 is 2.33 bits per heavy atom. The summed E-state index contributed by atoms with van der Waals surface area (Å²) >= 11 is 5.83. The van der Waals surface area contributed by atoms with Gasteiger partial charge in [0, 0.05) is 24.4 Å². The molecule has 0 unspecified atom stereocenters. The summed E-state index contributed by atoms with van der Waals surface area (Å²) in [5, 5.41) is 3.80. The first-order valence-corrected chi connectivity index (χ1v) is 6.16. The molecule has 0 aromatic carbocycles. The third-order valence-electron chi connectivity index (χ3n) is 2.45. The SMILES string of the molecule is CCNCc1ccoc1COc1cncc(Cl)c1. The summed E-state index contributed by atoms with van der Waals surface area (Å²) in [5.41, 5.74) is 1.10. The van der Waals surface area contributed by atoms with Gasteiger partial charge in [0.15, 0.2) is 0 Å². The lowest BCUT2D eigenvalue weighted by Gasteiger charge is -2.06. The number of hydrogen-bond acceptors (Lipinski definition) is 4. The van der Waals surface area contributed by atoms with Gasteiger partial charge in [-0.1, -0.05) is 18.5 Å². The molecule has 2 heterocycles. The highest BCUT2D eigenvalue weighted by atomic mass is 35.5. The van der Waals surface area contributed by atoms with Gasteiger partial charge in [-0.3, -0.25) is 4.98 Å². The maximum Gasteiger partial charge on any atom is 0.146 e. The number of hydrogen-bond donors (Lipinski definition) is 1. The largest absolute Gasteiger partial charge is 0.484 e. The minimum Gasteiger partial charge on any atom is -0.484 e. The number of nitrogens with one attached hydrogen (secondary N) is 1. The Balaban J connectivity index is 1.95. The Labute approximate surface area is 111 Å². The fourth-order valence-electron chi connectivity index (χ4n) is 1.53. The van der Waals surface area contributed by atoms with Crippen LogP contribution < -0.4 is 10.1 Å². The summed E-state index contributed by atoms with van der Waals surface area (Å²) in [6.07, 6.45) is 4.86. The van der Waals surface area contributed by atoms with Gasteiger partial charge in [0.25, 0.3) is 0 Å².